The van der Waals surface area contributed by atoms with Crippen LogP contribution in [-0.4, -0.2) is 14.8 Å². The molecule has 6 heteroatoms. The van der Waals surface area contributed by atoms with Gasteiger partial charge in [0, 0.05) is 17.6 Å². The van der Waals surface area contributed by atoms with E-state index >= 15 is 0 Å². The third kappa shape index (κ3) is 2.07. The summed E-state index contributed by atoms with van der Waals surface area (Å²) in [6.45, 7) is 0. The summed E-state index contributed by atoms with van der Waals surface area (Å²) in [7, 11) is 1.79. The van der Waals surface area contributed by atoms with Gasteiger partial charge in [0.2, 0.25) is 4.77 Å². The molecule has 0 unspecified atom stereocenters. The summed E-state index contributed by atoms with van der Waals surface area (Å²) in [4.78, 5) is 4.17. The first-order valence-electron chi connectivity index (χ1n) is 4.16. The fourth-order valence-electron chi connectivity index (χ4n) is 1.20. The smallest absolute Gasteiger partial charge is 0.216 e. The molecule has 0 spiro atoms. The second kappa shape index (κ2) is 3.96. The highest BCUT2D eigenvalue weighted by atomic mass is 35.5. The zero-order valence-electron chi connectivity index (χ0n) is 7.79. The number of aryl methyl sites for hydroxylation is 1. The summed E-state index contributed by atoms with van der Waals surface area (Å²) < 4.78 is 2.13. The Hall–Kier alpha value is -0.840. The zero-order valence-corrected chi connectivity index (χ0v) is 10.1. The number of H-pyrrole nitrogens is 1. The minimum absolute atomic E-state index is 0.482. The molecule has 0 bridgehead atoms. The average Bonchev–Trinajstić information content (AvgIpc) is 2.46. The quantitative estimate of drug-likeness (QED) is 0.797. The zero-order chi connectivity index (χ0) is 11.0. The molecule has 0 radical (unpaired) electrons. The van der Waals surface area contributed by atoms with Gasteiger partial charge in [-0.05, 0) is 30.4 Å². The third-order valence-electron chi connectivity index (χ3n) is 1.95. The van der Waals surface area contributed by atoms with Crippen LogP contribution in [0.15, 0.2) is 18.2 Å². The second-order valence-corrected chi connectivity index (χ2v) is 4.25. The Morgan fingerprint density at radius 1 is 1.40 bits per heavy atom. The van der Waals surface area contributed by atoms with E-state index in [2.05, 4.69) is 10.1 Å². The lowest BCUT2D eigenvalue weighted by atomic mass is 10.2. The molecule has 2 rings (SSSR count). The SMILES string of the molecule is Cn1[nH]c(-c2ccc(Cl)cc2Cl)nc1=S. The van der Waals surface area contributed by atoms with Crippen LogP contribution in [0, 0.1) is 4.77 Å². The van der Waals surface area contributed by atoms with Crippen LogP contribution < -0.4 is 0 Å². The highest BCUT2D eigenvalue weighted by Crippen LogP contribution is 2.27. The first-order valence-corrected chi connectivity index (χ1v) is 5.33. The molecule has 78 valence electrons. The number of hydrogen-bond acceptors (Lipinski definition) is 2. The van der Waals surface area contributed by atoms with Gasteiger partial charge in [-0.25, -0.2) is 0 Å². The molecule has 3 nitrogen and oxygen atoms in total. The number of halogens is 2. The van der Waals surface area contributed by atoms with Gasteiger partial charge in [-0.15, -0.1) is 0 Å². The Morgan fingerprint density at radius 2 is 2.13 bits per heavy atom. The van der Waals surface area contributed by atoms with E-state index in [0.717, 1.165) is 5.56 Å². The summed E-state index contributed by atoms with van der Waals surface area (Å²) in [5, 5.41) is 4.14. The molecular weight excluding hydrogens is 253 g/mol. The molecule has 0 fully saturated rings. The van der Waals surface area contributed by atoms with Crippen LogP contribution in [-0.2, 0) is 7.05 Å². The van der Waals surface area contributed by atoms with Gasteiger partial charge in [0.1, 0.15) is 0 Å². The first kappa shape index (κ1) is 10.7. The summed E-state index contributed by atoms with van der Waals surface area (Å²) >= 11 is 16.8. The molecule has 0 atom stereocenters. The summed E-state index contributed by atoms with van der Waals surface area (Å²) in [6, 6.07) is 5.23. The van der Waals surface area contributed by atoms with Crippen LogP contribution in [0.25, 0.3) is 11.4 Å². The maximum atomic E-state index is 6.04. The highest BCUT2D eigenvalue weighted by molar-refractivity contribution is 7.71. The molecular formula is C9H7Cl2N3S. The van der Waals surface area contributed by atoms with Crippen LogP contribution >= 0.6 is 35.4 Å². The van der Waals surface area contributed by atoms with Gasteiger partial charge >= 0.3 is 0 Å². The highest BCUT2D eigenvalue weighted by Gasteiger charge is 2.07. The van der Waals surface area contributed by atoms with E-state index in [9.17, 15) is 0 Å². The van der Waals surface area contributed by atoms with E-state index in [1.54, 1.807) is 29.9 Å². The van der Waals surface area contributed by atoms with Crippen LogP contribution in [0.2, 0.25) is 10.0 Å². The lowest BCUT2D eigenvalue weighted by Gasteiger charge is -2.00. The van der Waals surface area contributed by atoms with E-state index in [1.807, 2.05) is 0 Å². The lowest BCUT2D eigenvalue weighted by molar-refractivity contribution is 0.756. The molecule has 0 amide bonds. The Kier molecular flexibility index (Phi) is 2.82. The van der Waals surface area contributed by atoms with Crippen molar-refractivity contribution in [3.8, 4) is 11.4 Å². The number of hydrogen-bond donors (Lipinski definition) is 1. The predicted molar refractivity (Wildman–Crippen MR) is 63.8 cm³/mol. The van der Waals surface area contributed by atoms with Gasteiger partial charge in [0.05, 0.1) is 5.02 Å². The monoisotopic (exact) mass is 259 g/mol. The van der Waals surface area contributed by atoms with E-state index in [0.29, 0.717) is 20.6 Å². The van der Waals surface area contributed by atoms with Gasteiger partial charge in [-0.1, -0.05) is 23.2 Å². The molecule has 1 aromatic carbocycles. The molecule has 2 aromatic rings. The van der Waals surface area contributed by atoms with Crippen molar-refractivity contribution in [3.63, 3.8) is 0 Å². The second-order valence-electron chi connectivity index (χ2n) is 3.04. The summed E-state index contributed by atoms with van der Waals surface area (Å²) in [6.07, 6.45) is 0. The minimum Gasteiger partial charge on any atom is -0.279 e. The van der Waals surface area contributed by atoms with Crippen molar-refractivity contribution in [1.82, 2.24) is 14.8 Å². The van der Waals surface area contributed by atoms with Gasteiger partial charge < -0.3 is 0 Å². The molecule has 0 aliphatic heterocycles. The molecule has 0 aliphatic rings. The van der Waals surface area contributed by atoms with Crippen molar-refractivity contribution < 1.29 is 0 Å². The van der Waals surface area contributed by atoms with Crippen LogP contribution in [0.5, 0.6) is 0 Å². The van der Waals surface area contributed by atoms with Gasteiger partial charge in [-0.3, -0.25) is 9.78 Å². The van der Waals surface area contributed by atoms with Crippen molar-refractivity contribution in [2.45, 2.75) is 0 Å². The minimum atomic E-state index is 0.482. The predicted octanol–water partition coefficient (Wildman–Crippen LogP) is 3.45. The maximum Gasteiger partial charge on any atom is 0.216 e. The normalized spacial score (nSPS) is 10.6. The Morgan fingerprint density at radius 3 is 2.67 bits per heavy atom. The van der Waals surface area contributed by atoms with Gasteiger partial charge in [-0.2, -0.15) is 4.98 Å². The van der Waals surface area contributed by atoms with Crippen molar-refractivity contribution in [2.75, 3.05) is 0 Å². The number of aromatic nitrogens is 3. The molecule has 1 N–H and O–H groups in total. The van der Waals surface area contributed by atoms with E-state index in [1.165, 1.54) is 0 Å². The van der Waals surface area contributed by atoms with Crippen LogP contribution in [0.1, 0.15) is 0 Å². The number of aromatic amines is 1. The number of benzene rings is 1. The number of nitrogens with one attached hydrogen (secondary N) is 1. The first-order chi connectivity index (χ1) is 7.08. The van der Waals surface area contributed by atoms with Crippen molar-refractivity contribution >= 4 is 35.4 Å². The number of rotatable bonds is 1. The summed E-state index contributed by atoms with van der Waals surface area (Å²) in [5.41, 5.74) is 0.785. The van der Waals surface area contributed by atoms with E-state index < -0.39 is 0 Å². The molecule has 0 saturated heterocycles. The molecule has 1 aromatic heterocycles. The standard InChI is InChI=1S/C9H7Cl2N3S/c1-14-9(15)12-8(13-14)6-3-2-5(10)4-7(6)11/h2-4H,1H3,(H,12,13,15). The molecule has 1 heterocycles. The Labute approximate surface area is 102 Å². The van der Waals surface area contributed by atoms with Crippen LogP contribution in [0.3, 0.4) is 0 Å². The Balaban J connectivity index is 2.59. The molecule has 15 heavy (non-hydrogen) atoms. The maximum absolute atomic E-state index is 6.04. The van der Waals surface area contributed by atoms with Crippen molar-refractivity contribution in [3.05, 3.63) is 33.0 Å². The summed E-state index contributed by atoms with van der Waals surface area (Å²) in [5.74, 6) is 0.643. The third-order valence-corrected chi connectivity index (χ3v) is 2.87. The van der Waals surface area contributed by atoms with Crippen molar-refractivity contribution in [2.24, 2.45) is 7.05 Å². The number of nitrogens with zero attached hydrogens (tertiary/aromatic N) is 2. The van der Waals surface area contributed by atoms with E-state index in [4.69, 9.17) is 35.4 Å². The van der Waals surface area contributed by atoms with Crippen LogP contribution in [0.4, 0.5) is 0 Å². The van der Waals surface area contributed by atoms with Gasteiger partial charge in [0.25, 0.3) is 0 Å². The fraction of sp³-hybridized carbons (Fsp3) is 0.111. The average molecular weight is 260 g/mol. The largest absolute Gasteiger partial charge is 0.279 e. The Bertz CT molecular complexity index is 559. The van der Waals surface area contributed by atoms with Gasteiger partial charge in [0.15, 0.2) is 5.82 Å². The van der Waals surface area contributed by atoms with E-state index in [-0.39, 0.29) is 0 Å². The van der Waals surface area contributed by atoms with Crippen molar-refractivity contribution in [1.29, 1.82) is 0 Å². The fourth-order valence-corrected chi connectivity index (χ4v) is 1.84. The molecule has 0 aliphatic carbocycles. The lowest BCUT2D eigenvalue weighted by Crippen LogP contribution is -1.89. The topological polar surface area (TPSA) is 33.6 Å². The molecule has 0 saturated carbocycles.